The molecule has 2 N–H and O–H groups in total. The van der Waals surface area contributed by atoms with Crippen molar-refractivity contribution in [3.63, 3.8) is 0 Å². The predicted molar refractivity (Wildman–Crippen MR) is 81.6 cm³/mol. The van der Waals surface area contributed by atoms with E-state index in [2.05, 4.69) is 24.5 Å². The van der Waals surface area contributed by atoms with Gasteiger partial charge in [-0.25, -0.2) is 0 Å². The molecule has 0 aliphatic carbocycles. The van der Waals surface area contributed by atoms with Gasteiger partial charge in [-0.1, -0.05) is 26.0 Å². The molecule has 116 valence electrons. The summed E-state index contributed by atoms with van der Waals surface area (Å²) in [6, 6.07) is 5.89. The van der Waals surface area contributed by atoms with Gasteiger partial charge in [0, 0.05) is 31.6 Å². The van der Waals surface area contributed by atoms with Crippen molar-refractivity contribution in [1.82, 2.24) is 10.6 Å². The van der Waals surface area contributed by atoms with Crippen LogP contribution in [0.5, 0.6) is 11.5 Å². The molecule has 2 rings (SSSR count). The Morgan fingerprint density at radius 1 is 1.29 bits per heavy atom. The van der Waals surface area contributed by atoms with Crippen LogP contribution in [0.3, 0.4) is 0 Å². The summed E-state index contributed by atoms with van der Waals surface area (Å²) in [4.78, 5) is 11.6. The maximum Gasteiger partial charge on any atom is 0.221 e. The molecule has 1 aliphatic rings. The minimum atomic E-state index is 0.0888. The van der Waals surface area contributed by atoms with E-state index < -0.39 is 0 Å². The largest absolute Gasteiger partial charge is 0.486 e. The van der Waals surface area contributed by atoms with Gasteiger partial charge in [0.1, 0.15) is 13.2 Å². The lowest BCUT2D eigenvalue weighted by Crippen LogP contribution is -2.30. The molecule has 1 aliphatic heterocycles. The first-order valence-corrected chi connectivity index (χ1v) is 7.51. The molecule has 0 saturated carbocycles. The first-order valence-electron chi connectivity index (χ1n) is 7.51. The Morgan fingerprint density at radius 2 is 2.10 bits per heavy atom. The predicted octanol–water partition coefficient (Wildman–Crippen LogP) is 1.71. The number of nitrogens with one attached hydrogen (secondary N) is 2. The van der Waals surface area contributed by atoms with Crippen LogP contribution in [0.1, 0.15) is 25.8 Å². The second-order valence-corrected chi connectivity index (χ2v) is 5.57. The summed E-state index contributed by atoms with van der Waals surface area (Å²) >= 11 is 0. The number of hydrogen-bond acceptors (Lipinski definition) is 4. The molecule has 0 unspecified atom stereocenters. The molecule has 0 bridgehead atoms. The number of carbonyl (C=O) groups is 1. The van der Waals surface area contributed by atoms with Crippen molar-refractivity contribution in [1.29, 1.82) is 0 Å². The number of para-hydroxylation sites is 1. The van der Waals surface area contributed by atoms with Gasteiger partial charge in [0.2, 0.25) is 5.91 Å². The average Bonchev–Trinajstić information content (AvgIpc) is 2.49. The molecule has 0 spiro atoms. The zero-order valence-corrected chi connectivity index (χ0v) is 12.8. The van der Waals surface area contributed by atoms with Gasteiger partial charge in [-0.05, 0) is 12.0 Å². The molecule has 0 radical (unpaired) electrons. The van der Waals surface area contributed by atoms with Crippen molar-refractivity contribution in [2.75, 3.05) is 26.3 Å². The van der Waals surface area contributed by atoms with Crippen LogP contribution in [0, 0.1) is 5.92 Å². The van der Waals surface area contributed by atoms with E-state index >= 15 is 0 Å². The van der Waals surface area contributed by atoms with Gasteiger partial charge in [-0.15, -0.1) is 0 Å². The van der Waals surface area contributed by atoms with Gasteiger partial charge in [-0.3, -0.25) is 4.79 Å². The number of hydrogen-bond donors (Lipinski definition) is 2. The van der Waals surface area contributed by atoms with Gasteiger partial charge in [0.05, 0.1) is 0 Å². The van der Waals surface area contributed by atoms with E-state index in [1.807, 2.05) is 18.2 Å². The highest BCUT2D eigenvalue weighted by Gasteiger charge is 2.15. The maximum absolute atomic E-state index is 11.6. The third kappa shape index (κ3) is 4.93. The van der Waals surface area contributed by atoms with E-state index in [1.165, 1.54) is 0 Å². The van der Waals surface area contributed by atoms with Crippen LogP contribution in [0.25, 0.3) is 0 Å². The molecular weight excluding hydrogens is 268 g/mol. The fraction of sp³-hybridized carbons (Fsp3) is 0.562. The summed E-state index contributed by atoms with van der Waals surface area (Å²) in [5.74, 6) is 2.19. The summed E-state index contributed by atoms with van der Waals surface area (Å²) < 4.78 is 11.2. The van der Waals surface area contributed by atoms with Gasteiger partial charge in [-0.2, -0.15) is 0 Å². The van der Waals surface area contributed by atoms with Crippen LogP contribution in [0.4, 0.5) is 0 Å². The Bertz CT molecular complexity index is 475. The van der Waals surface area contributed by atoms with Crippen LogP contribution in [0.15, 0.2) is 18.2 Å². The number of amides is 1. The Balaban J connectivity index is 1.73. The molecule has 1 heterocycles. The van der Waals surface area contributed by atoms with Gasteiger partial charge >= 0.3 is 0 Å². The lowest BCUT2D eigenvalue weighted by molar-refractivity contribution is -0.121. The molecule has 0 atom stereocenters. The van der Waals surface area contributed by atoms with Crippen molar-refractivity contribution in [2.24, 2.45) is 5.92 Å². The highest BCUT2D eigenvalue weighted by atomic mass is 16.6. The smallest absolute Gasteiger partial charge is 0.221 e. The Morgan fingerprint density at radius 3 is 2.90 bits per heavy atom. The van der Waals surface area contributed by atoms with Crippen molar-refractivity contribution >= 4 is 5.91 Å². The average molecular weight is 292 g/mol. The van der Waals surface area contributed by atoms with Crippen LogP contribution in [0.2, 0.25) is 0 Å². The number of benzene rings is 1. The van der Waals surface area contributed by atoms with E-state index in [-0.39, 0.29) is 5.91 Å². The standard InChI is InChI=1S/C16H24N2O3/c1-12(2)10-18-15(19)6-7-17-11-13-4-3-5-14-16(13)21-9-8-20-14/h3-5,12,17H,6-11H2,1-2H3,(H,18,19). The van der Waals surface area contributed by atoms with E-state index in [9.17, 15) is 4.79 Å². The summed E-state index contributed by atoms with van der Waals surface area (Å²) in [5, 5.41) is 6.18. The molecule has 0 fully saturated rings. The van der Waals surface area contributed by atoms with Crippen LogP contribution < -0.4 is 20.1 Å². The minimum Gasteiger partial charge on any atom is -0.486 e. The zero-order valence-electron chi connectivity index (χ0n) is 12.8. The number of ether oxygens (including phenoxy) is 2. The van der Waals surface area contributed by atoms with Crippen molar-refractivity contribution in [3.05, 3.63) is 23.8 Å². The highest BCUT2D eigenvalue weighted by Crippen LogP contribution is 2.33. The number of fused-ring (bicyclic) bond motifs is 1. The molecule has 21 heavy (non-hydrogen) atoms. The first kappa shape index (κ1) is 15.6. The van der Waals surface area contributed by atoms with E-state index in [0.29, 0.717) is 38.6 Å². The fourth-order valence-electron chi connectivity index (χ4n) is 2.10. The van der Waals surface area contributed by atoms with E-state index in [1.54, 1.807) is 0 Å². The number of rotatable bonds is 7. The molecule has 0 aromatic heterocycles. The van der Waals surface area contributed by atoms with Gasteiger partial charge in [0.15, 0.2) is 11.5 Å². The summed E-state index contributed by atoms with van der Waals surface area (Å²) in [6.07, 6.45) is 0.485. The van der Waals surface area contributed by atoms with E-state index in [0.717, 1.165) is 23.6 Å². The molecule has 5 heteroatoms. The second-order valence-electron chi connectivity index (χ2n) is 5.57. The van der Waals surface area contributed by atoms with Crippen LogP contribution in [-0.4, -0.2) is 32.2 Å². The van der Waals surface area contributed by atoms with Crippen LogP contribution in [-0.2, 0) is 11.3 Å². The highest BCUT2D eigenvalue weighted by molar-refractivity contribution is 5.76. The van der Waals surface area contributed by atoms with Crippen molar-refractivity contribution in [2.45, 2.75) is 26.8 Å². The second kappa shape index (κ2) is 7.88. The zero-order chi connectivity index (χ0) is 15.1. The Labute approximate surface area is 126 Å². The first-order chi connectivity index (χ1) is 10.2. The number of carbonyl (C=O) groups excluding carboxylic acids is 1. The third-order valence-corrected chi connectivity index (χ3v) is 3.20. The summed E-state index contributed by atoms with van der Waals surface area (Å²) in [5.41, 5.74) is 1.06. The molecular formula is C16H24N2O3. The van der Waals surface area contributed by atoms with Gasteiger partial charge < -0.3 is 20.1 Å². The van der Waals surface area contributed by atoms with Crippen molar-refractivity contribution < 1.29 is 14.3 Å². The molecule has 1 amide bonds. The lowest BCUT2D eigenvalue weighted by Gasteiger charge is -2.21. The monoisotopic (exact) mass is 292 g/mol. The lowest BCUT2D eigenvalue weighted by atomic mass is 10.1. The van der Waals surface area contributed by atoms with E-state index in [4.69, 9.17) is 9.47 Å². The Hall–Kier alpha value is -1.75. The third-order valence-electron chi connectivity index (χ3n) is 3.20. The summed E-state index contributed by atoms with van der Waals surface area (Å²) in [6.45, 7) is 7.40. The SMILES string of the molecule is CC(C)CNC(=O)CCNCc1cccc2c1OCCO2. The maximum atomic E-state index is 11.6. The normalized spacial score (nSPS) is 13.3. The minimum absolute atomic E-state index is 0.0888. The fourth-order valence-corrected chi connectivity index (χ4v) is 2.10. The summed E-state index contributed by atoms with van der Waals surface area (Å²) in [7, 11) is 0. The quantitative estimate of drug-likeness (QED) is 0.751. The Kier molecular flexibility index (Phi) is 5.87. The van der Waals surface area contributed by atoms with Crippen LogP contribution >= 0.6 is 0 Å². The molecule has 5 nitrogen and oxygen atoms in total. The molecule has 0 saturated heterocycles. The van der Waals surface area contributed by atoms with Crippen molar-refractivity contribution in [3.8, 4) is 11.5 Å². The van der Waals surface area contributed by atoms with Gasteiger partial charge in [0.25, 0.3) is 0 Å². The topological polar surface area (TPSA) is 59.6 Å². The molecule has 1 aromatic rings. The molecule has 1 aromatic carbocycles.